The maximum absolute atomic E-state index is 4.38. The molecule has 0 aromatic carbocycles. The minimum Gasteiger partial charge on any atom is -0.317 e. The molecule has 0 bridgehead atoms. The molecule has 2 heteroatoms. The van der Waals surface area contributed by atoms with Gasteiger partial charge in [-0.1, -0.05) is 6.07 Å². The lowest BCUT2D eigenvalue weighted by atomic mass is 9.92. The van der Waals surface area contributed by atoms with Gasteiger partial charge in [-0.05, 0) is 31.5 Å². The Hall–Kier alpha value is -0.890. The second kappa shape index (κ2) is 3.23. The number of rotatable bonds is 1. The first-order chi connectivity index (χ1) is 5.90. The number of nitrogens with zero attached hydrogens (tertiary/aromatic N) is 1. The highest BCUT2D eigenvalue weighted by Gasteiger charge is 2.16. The van der Waals surface area contributed by atoms with E-state index in [0.717, 1.165) is 6.42 Å². The van der Waals surface area contributed by atoms with Crippen molar-refractivity contribution in [2.75, 3.05) is 7.05 Å². The maximum atomic E-state index is 4.38. The van der Waals surface area contributed by atoms with Gasteiger partial charge in [0, 0.05) is 24.4 Å². The highest BCUT2D eigenvalue weighted by molar-refractivity contribution is 5.23. The Morgan fingerprint density at radius 3 is 3.33 bits per heavy atom. The fourth-order valence-corrected chi connectivity index (χ4v) is 1.79. The Morgan fingerprint density at radius 2 is 2.50 bits per heavy atom. The zero-order chi connectivity index (χ0) is 8.39. The van der Waals surface area contributed by atoms with Crippen molar-refractivity contribution in [3.05, 3.63) is 29.6 Å². The molecule has 1 heterocycles. The third-order valence-corrected chi connectivity index (χ3v) is 2.59. The summed E-state index contributed by atoms with van der Waals surface area (Å²) in [6, 6.07) is 4.85. The third-order valence-electron chi connectivity index (χ3n) is 2.59. The average molecular weight is 162 g/mol. The zero-order valence-electron chi connectivity index (χ0n) is 7.38. The van der Waals surface area contributed by atoms with E-state index in [2.05, 4.69) is 16.4 Å². The molecule has 0 saturated carbocycles. The van der Waals surface area contributed by atoms with Gasteiger partial charge in [0.25, 0.3) is 0 Å². The van der Waals surface area contributed by atoms with Crippen LogP contribution in [0.3, 0.4) is 0 Å². The van der Waals surface area contributed by atoms with E-state index < -0.39 is 0 Å². The SMILES string of the molecule is CNC1CCc2cccnc2C1. The first-order valence-corrected chi connectivity index (χ1v) is 4.50. The van der Waals surface area contributed by atoms with E-state index in [4.69, 9.17) is 0 Å². The Bertz CT molecular complexity index is 270. The molecule has 1 aromatic rings. The fraction of sp³-hybridized carbons (Fsp3) is 0.500. The third kappa shape index (κ3) is 1.34. The summed E-state index contributed by atoms with van der Waals surface area (Å²) in [5.74, 6) is 0. The van der Waals surface area contributed by atoms with Crippen LogP contribution in [0, 0.1) is 0 Å². The van der Waals surface area contributed by atoms with Crippen LogP contribution in [0.15, 0.2) is 18.3 Å². The molecule has 1 unspecified atom stereocenters. The number of hydrogen-bond acceptors (Lipinski definition) is 2. The van der Waals surface area contributed by atoms with Gasteiger partial charge < -0.3 is 5.32 Å². The number of aromatic nitrogens is 1. The van der Waals surface area contributed by atoms with E-state index in [0.29, 0.717) is 6.04 Å². The number of hydrogen-bond donors (Lipinski definition) is 1. The van der Waals surface area contributed by atoms with Gasteiger partial charge in [-0.25, -0.2) is 0 Å². The first kappa shape index (κ1) is 7.74. The smallest absolute Gasteiger partial charge is 0.0451 e. The van der Waals surface area contributed by atoms with Gasteiger partial charge in [-0.2, -0.15) is 0 Å². The van der Waals surface area contributed by atoms with Crippen molar-refractivity contribution >= 4 is 0 Å². The monoisotopic (exact) mass is 162 g/mol. The van der Waals surface area contributed by atoms with Gasteiger partial charge in [0.15, 0.2) is 0 Å². The summed E-state index contributed by atoms with van der Waals surface area (Å²) >= 11 is 0. The molecule has 0 fully saturated rings. The van der Waals surface area contributed by atoms with Crippen LogP contribution in [0.4, 0.5) is 0 Å². The maximum Gasteiger partial charge on any atom is 0.0451 e. The Morgan fingerprint density at radius 1 is 1.58 bits per heavy atom. The van der Waals surface area contributed by atoms with E-state index in [1.807, 2.05) is 19.3 Å². The van der Waals surface area contributed by atoms with Gasteiger partial charge in [0.2, 0.25) is 0 Å². The van der Waals surface area contributed by atoms with Crippen molar-refractivity contribution in [3.8, 4) is 0 Å². The van der Waals surface area contributed by atoms with E-state index >= 15 is 0 Å². The molecule has 1 aliphatic rings. The van der Waals surface area contributed by atoms with E-state index in [9.17, 15) is 0 Å². The van der Waals surface area contributed by atoms with E-state index in [-0.39, 0.29) is 0 Å². The molecule has 0 amide bonds. The fourth-order valence-electron chi connectivity index (χ4n) is 1.79. The molecule has 0 saturated heterocycles. The first-order valence-electron chi connectivity index (χ1n) is 4.50. The van der Waals surface area contributed by atoms with Crippen molar-refractivity contribution < 1.29 is 0 Å². The number of likely N-dealkylation sites (N-methyl/N-ethyl adjacent to an activating group) is 1. The largest absolute Gasteiger partial charge is 0.317 e. The molecule has 64 valence electrons. The summed E-state index contributed by atoms with van der Waals surface area (Å²) in [7, 11) is 2.03. The summed E-state index contributed by atoms with van der Waals surface area (Å²) in [6.45, 7) is 0. The van der Waals surface area contributed by atoms with Crippen LogP contribution in [0.1, 0.15) is 17.7 Å². The van der Waals surface area contributed by atoms with E-state index in [1.165, 1.54) is 24.1 Å². The van der Waals surface area contributed by atoms with Gasteiger partial charge in [-0.3, -0.25) is 4.98 Å². The highest BCUT2D eigenvalue weighted by atomic mass is 14.9. The number of nitrogens with one attached hydrogen (secondary N) is 1. The lowest BCUT2D eigenvalue weighted by Crippen LogP contribution is -2.31. The minimum absolute atomic E-state index is 0.632. The van der Waals surface area contributed by atoms with Crippen LogP contribution in [0.2, 0.25) is 0 Å². The van der Waals surface area contributed by atoms with Crippen LogP contribution in [0.25, 0.3) is 0 Å². The van der Waals surface area contributed by atoms with Gasteiger partial charge in [-0.15, -0.1) is 0 Å². The zero-order valence-corrected chi connectivity index (χ0v) is 7.38. The molecular weight excluding hydrogens is 148 g/mol. The Labute approximate surface area is 73.0 Å². The molecule has 0 radical (unpaired) electrons. The van der Waals surface area contributed by atoms with Crippen molar-refractivity contribution in [2.45, 2.75) is 25.3 Å². The van der Waals surface area contributed by atoms with Crippen molar-refractivity contribution in [1.82, 2.24) is 10.3 Å². The molecule has 1 aliphatic carbocycles. The highest BCUT2D eigenvalue weighted by Crippen LogP contribution is 2.18. The molecule has 0 spiro atoms. The number of aryl methyl sites for hydroxylation is 1. The van der Waals surface area contributed by atoms with Crippen LogP contribution < -0.4 is 5.32 Å². The van der Waals surface area contributed by atoms with E-state index in [1.54, 1.807) is 0 Å². The Kier molecular flexibility index (Phi) is 2.09. The summed E-state index contributed by atoms with van der Waals surface area (Å²) in [6.07, 6.45) is 5.40. The topological polar surface area (TPSA) is 24.9 Å². The standard InChI is InChI=1S/C10H14N2/c1-11-9-5-4-8-3-2-6-12-10(8)7-9/h2-3,6,9,11H,4-5,7H2,1H3. The predicted octanol–water partition coefficient (Wildman–Crippen LogP) is 1.16. The lowest BCUT2D eigenvalue weighted by Gasteiger charge is -2.22. The second-order valence-electron chi connectivity index (χ2n) is 3.34. The molecule has 1 atom stereocenters. The van der Waals surface area contributed by atoms with Gasteiger partial charge in [0.05, 0.1) is 0 Å². The van der Waals surface area contributed by atoms with Crippen LogP contribution in [-0.2, 0) is 12.8 Å². The predicted molar refractivity (Wildman–Crippen MR) is 49.1 cm³/mol. The molecule has 1 N–H and O–H groups in total. The molecule has 0 aliphatic heterocycles. The number of fused-ring (bicyclic) bond motifs is 1. The summed E-state index contributed by atoms with van der Waals surface area (Å²) in [5, 5.41) is 3.30. The second-order valence-corrected chi connectivity index (χ2v) is 3.34. The van der Waals surface area contributed by atoms with Crippen LogP contribution >= 0.6 is 0 Å². The van der Waals surface area contributed by atoms with Gasteiger partial charge in [0.1, 0.15) is 0 Å². The quantitative estimate of drug-likeness (QED) is 0.670. The van der Waals surface area contributed by atoms with Crippen molar-refractivity contribution in [1.29, 1.82) is 0 Å². The molecular formula is C10H14N2. The van der Waals surface area contributed by atoms with Gasteiger partial charge >= 0.3 is 0 Å². The number of pyridine rings is 1. The Balaban J connectivity index is 2.23. The summed E-state index contributed by atoms with van der Waals surface area (Å²) in [5.41, 5.74) is 2.71. The molecule has 2 rings (SSSR count). The summed E-state index contributed by atoms with van der Waals surface area (Å²) < 4.78 is 0. The molecule has 2 nitrogen and oxygen atoms in total. The van der Waals surface area contributed by atoms with Crippen LogP contribution in [0.5, 0.6) is 0 Å². The normalized spacial score (nSPS) is 21.9. The van der Waals surface area contributed by atoms with Crippen molar-refractivity contribution in [2.24, 2.45) is 0 Å². The van der Waals surface area contributed by atoms with Crippen molar-refractivity contribution in [3.63, 3.8) is 0 Å². The minimum atomic E-state index is 0.632. The molecule has 1 aromatic heterocycles. The average Bonchev–Trinajstić information content (AvgIpc) is 2.17. The lowest BCUT2D eigenvalue weighted by molar-refractivity contribution is 0.489. The summed E-state index contributed by atoms with van der Waals surface area (Å²) in [4.78, 5) is 4.38. The molecule has 12 heavy (non-hydrogen) atoms. The van der Waals surface area contributed by atoms with Crippen LogP contribution in [-0.4, -0.2) is 18.1 Å².